The molecule has 0 aliphatic carbocycles. The molecule has 2 aliphatic heterocycles. The summed E-state index contributed by atoms with van der Waals surface area (Å²) in [6.45, 7) is 7.64. The zero-order chi connectivity index (χ0) is 17.5. The van der Waals surface area contributed by atoms with E-state index in [9.17, 15) is 0 Å². The van der Waals surface area contributed by atoms with Crippen LogP contribution in [0.1, 0.15) is 31.7 Å². The number of likely N-dealkylation sites (tertiary alicyclic amines) is 1. The maximum Gasteiger partial charge on any atom is 0.191 e. The number of likely N-dealkylation sites (N-methyl/N-ethyl adjacent to an activating group) is 1. The van der Waals surface area contributed by atoms with Gasteiger partial charge in [-0.1, -0.05) is 13.0 Å². The Morgan fingerprint density at radius 1 is 1.20 bits per heavy atom. The number of rotatable bonds is 5. The van der Waals surface area contributed by atoms with Gasteiger partial charge in [0.1, 0.15) is 0 Å². The molecule has 0 bridgehead atoms. The Labute approximate surface area is 150 Å². The van der Waals surface area contributed by atoms with Gasteiger partial charge in [0, 0.05) is 32.6 Å². The lowest BCUT2D eigenvalue weighted by Gasteiger charge is -2.24. The van der Waals surface area contributed by atoms with E-state index in [4.69, 9.17) is 9.47 Å². The van der Waals surface area contributed by atoms with E-state index in [1.807, 2.05) is 13.1 Å². The van der Waals surface area contributed by atoms with Crippen molar-refractivity contribution in [3.8, 4) is 11.5 Å². The highest BCUT2D eigenvalue weighted by Crippen LogP contribution is 2.30. The molecule has 0 amide bonds. The third-order valence-corrected chi connectivity index (χ3v) is 4.91. The van der Waals surface area contributed by atoms with Gasteiger partial charge in [-0.2, -0.15) is 0 Å². The van der Waals surface area contributed by atoms with E-state index in [1.165, 1.54) is 19.4 Å². The first-order valence-corrected chi connectivity index (χ1v) is 9.37. The summed E-state index contributed by atoms with van der Waals surface area (Å²) in [5, 5.41) is 6.85. The molecule has 1 saturated heterocycles. The molecule has 2 N–H and O–H groups in total. The zero-order valence-corrected chi connectivity index (χ0v) is 15.4. The minimum atomic E-state index is 0.613. The Morgan fingerprint density at radius 3 is 2.84 bits per heavy atom. The summed E-state index contributed by atoms with van der Waals surface area (Å²) in [5.74, 6) is 2.52. The van der Waals surface area contributed by atoms with Crippen molar-refractivity contribution in [1.29, 1.82) is 0 Å². The van der Waals surface area contributed by atoms with Crippen molar-refractivity contribution < 1.29 is 9.47 Å². The number of benzene rings is 1. The Hall–Kier alpha value is -1.95. The number of ether oxygens (including phenoxy) is 2. The lowest BCUT2D eigenvalue weighted by Crippen LogP contribution is -2.44. The normalized spacial score (nSPS) is 21.0. The van der Waals surface area contributed by atoms with Gasteiger partial charge >= 0.3 is 0 Å². The second-order valence-corrected chi connectivity index (χ2v) is 6.56. The zero-order valence-electron chi connectivity index (χ0n) is 15.4. The summed E-state index contributed by atoms with van der Waals surface area (Å²) >= 11 is 0. The van der Waals surface area contributed by atoms with Crippen LogP contribution in [0.15, 0.2) is 23.2 Å². The minimum absolute atomic E-state index is 0.613. The summed E-state index contributed by atoms with van der Waals surface area (Å²) in [6.07, 6.45) is 3.48. The smallest absolute Gasteiger partial charge is 0.191 e. The highest BCUT2D eigenvalue weighted by Gasteiger charge is 2.22. The van der Waals surface area contributed by atoms with Crippen LogP contribution < -0.4 is 20.1 Å². The topological polar surface area (TPSA) is 58.1 Å². The predicted molar refractivity (Wildman–Crippen MR) is 101 cm³/mol. The molecule has 3 rings (SSSR count). The van der Waals surface area contributed by atoms with Gasteiger partial charge in [-0.25, -0.2) is 0 Å². The summed E-state index contributed by atoms with van der Waals surface area (Å²) in [6, 6.07) is 6.73. The lowest BCUT2D eigenvalue weighted by atomic mass is 10.2. The number of nitrogens with one attached hydrogen (secondary N) is 2. The van der Waals surface area contributed by atoms with Crippen molar-refractivity contribution in [3.05, 3.63) is 23.8 Å². The molecule has 6 heteroatoms. The fraction of sp³-hybridized carbons (Fsp3) is 0.632. The summed E-state index contributed by atoms with van der Waals surface area (Å²) < 4.78 is 11.4. The number of hydrogen-bond donors (Lipinski definition) is 2. The molecular weight excluding hydrogens is 316 g/mol. The van der Waals surface area contributed by atoms with Gasteiger partial charge in [-0.05, 0) is 43.6 Å². The average molecular weight is 346 g/mol. The van der Waals surface area contributed by atoms with Gasteiger partial charge in [-0.3, -0.25) is 9.89 Å². The SMILES string of the molecule is CCN1CCCC1CNC(=NC)NCc1ccc2c(c1)OCCCO2. The Balaban J connectivity index is 1.50. The second-order valence-electron chi connectivity index (χ2n) is 6.56. The Kier molecular flexibility index (Phi) is 6.39. The van der Waals surface area contributed by atoms with Crippen LogP contribution in [0.4, 0.5) is 0 Å². The van der Waals surface area contributed by atoms with Crippen LogP contribution in [0, 0.1) is 0 Å². The second kappa shape index (κ2) is 8.94. The van der Waals surface area contributed by atoms with Crippen LogP contribution in [0.2, 0.25) is 0 Å². The maximum absolute atomic E-state index is 5.76. The lowest BCUT2D eigenvalue weighted by molar-refractivity contribution is 0.267. The van der Waals surface area contributed by atoms with Gasteiger partial charge in [0.2, 0.25) is 0 Å². The van der Waals surface area contributed by atoms with E-state index < -0.39 is 0 Å². The summed E-state index contributed by atoms with van der Waals surface area (Å²) in [5.41, 5.74) is 1.16. The van der Waals surface area contributed by atoms with Crippen LogP contribution in [0.5, 0.6) is 11.5 Å². The molecule has 6 nitrogen and oxygen atoms in total. The van der Waals surface area contributed by atoms with Gasteiger partial charge in [0.05, 0.1) is 13.2 Å². The van der Waals surface area contributed by atoms with Crippen LogP contribution in [0.3, 0.4) is 0 Å². The van der Waals surface area contributed by atoms with E-state index >= 15 is 0 Å². The van der Waals surface area contributed by atoms with Crippen LogP contribution in [-0.2, 0) is 6.54 Å². The first-order valence-electron chi connectivity index (χ1n) is 9.37. The number of hydrogen-bond acceptors (Lipinski definition) is 4. The molecule has 138 valence electrons. The monoisotopic (exact) mass is 346 g/mol. The Bertz CT molecular complexity index is 591. The molecule has 1 aromatic carbocycles. The van der Waals surface area contributed by atoms with Gasteiger partial charge in [0.15, 0.2) is 17.5 Å². The van der Waals surface area contributed by atoms with E-state index in [0.717, 1.165) is 49.1 Å². The first kappa shape index (κ1) is 17.9. The van der Waals surface area contributed by atoms with Crippen molar-refractivity contribution in [2.45, 2.75) is 38.8 Å². The molecule has 1 fully saturated rings. The largest absolute Gasteiger partial charge is 0.490 e. The molecule has 25 heavy (non-hydrogen) atoms. The quantitative estimate of drug-likeness (QED) is 0.631. The number of nitrogens with zero attached hydrogens (tertiary/aromatic N) is 2. The molecule has 0 saturated carbocycles. The summed E-state index contributed by atoms with van der Waals surface area (Å²) in [7, 11) is 1.82. The molecule has 1 unspecified atom stereocenters. The van der Waals surface area contributed by atoms with E-state index in [-0.39, 0.29) is 0 Å². The van der Waals surface area contributed by atoms with Gasteiger partial charge < -0.3 is 20.1 Å². The molecule has 2 heterocycles. The standard InChI is InChI=1S/C19H30N4O2/c1-3-23-9-4-6-16(23)14-22-19(20-2)21-13-15-7-8-17-18(12-15)25-11-5-10-24-17/h7-8,12,16H,3-6,9-11,13-14H2,1-2H3,(H2,20,21,22). The third-order valence-electron chi connectivity index (χ3n) is 4.91. The van der Waals surface area contributed by atoms with Gasteiger partial charge in [-0.15, -0.1) is 0 Å². The van der Waals surface area contributed by atoms with Gasteiger partial charge in [0.25, 0.3) is 0 Å². The Morgan fingerprint density at radius 2 is 2.04 bits per heavy atom. The van der Waals surface area contributed by atoms with Crippen molar-refractivity contribution in [2.24, 2.45) is 4.99 Å². The molecule has 1 aromatic rings. The molecule has 0 radical (unpaired) electrons. The van der Waals surface area contributed by atoms with Crippen LogP contribution >= 0.6 is 0 Å². The van der Waals surface area contributed by atoms with Crippen molar-refractivity contribution >= 4 is 5.96 Å². The summed E-state index contributed by atoms with van der Waals surface area (Å²) in [4.78, 5) is 6.87. The molecule has 0 aromatic heterocycles. The van der Waals surface area contributed by atoms with Crippen molar-refractivity contribution in [2.75, 3.05) is 39.9 Å². The molecule has 0 spiro atoms. The number of fused-ring (bicyclic) bond motifs is 1. The predicted octanol–water partition coefficient (Wildman–Crippen LogP) is 2.00. The van der Waals surface area contributed by atoms with E-state index in [1.54, 1.807) is 0 Å². The molecule has 1 atom stereocenters. The highest BCUT2D eigenvalue weighted by molar-refractivity contribution is 5.79. The van der Waals surface area contributed by atoms with Crippen molar-refractivity contribution in [1.82, 2.24) is 15.5 Å². The number of aliphatic imine (C=N–C) groups is 1. The fourth-order valence-electron chi connectivity index (χ4n) is 3.48. The van der Waals surface area contributed by atoms with E-state index in [0.29, 0.717) is 19.2 Å². The third kappa shape index (κ3) is 4.78. The van der Waals surface area contributed by atoms with Crippen LogP contribution in [0.25, 0.3) is 0 Å². The minimum Gasteiger partial charge on any atom is -0.490 e. The number of guanidine groups is 1. The van der Waals surface area contributed by atoms with E-state index in [2.05, 4.69) is 39.6 Å². The average Bonchev–Trinajstić information content (AvgIpc) is 2.97. The first-order chi connectivity index (χ1) is 12.3. The van der Waals surface area contributed by atoms with Crippen LogP contribution in [-0.4, -0.2) is 56.8 Å². The maximum atomic E-state index is 5.76. The van der Waals surface area contributed by atoms with Crippen molar-refractivity contribution in [3.63, 3.8) is 0 Å². The molecular formula is C19H30N4O2. The fourth-order valence-corrected chi connectivity index (χ4v) is 3.48. The highest BCUT2D eigenvalue weighted by atomic mass is 16.5. The molecule has 2 aliphatic rings.